The third kappa shape index (κ3) is 3.17. The molecule has 5 nitrogen and oxygen atoms in total. The van der Waals surface area contributed by atoms with Crippen molar-refractivity contribution in [2.75, 3.05) is 29.9 Å². The van der Waals surface area contributed by atoms with Crippen molar-refractivity contribution in [3.05, 3.63) is 24.3 Å². The average molecular weight is 338 g/mol. The Hall–Kier alpha value is -1.88. The SMILES string of the molecule is c1ccc2nc(N3CCCC3)c(NC3CCOC(C4CC4)C3)nc2c1. The molecule has 2 atom stereocenters. The molecule has 2 aliphatic heterocycles. The Morgan fingerprint density at radius 1 is 1.00 bits per heavy atom. The second-order valence-electron chi connectivity index (χ2n) is 7.69. The Bertz CT molecular complexity index is 754. The summed E-state index contributed by atoms with van der Waals surface area (Å²) in [6, 6.07) is 8.63. The van der Waals surface area contributed by atoms with Gasteiger partial charge in [-0.3, -0.25) is 0 Å². The quantitative estimate of drug-likeness (QED) is 0.923. The molecule has 1 saturated carbocycles. The molecule has 1 aliphatic carbocycles. The van der Waals surface area contributed by atoms with E-state index in [-0.39, 0.29) is 0 Å². The number of benzene rings is 1. The van der Waals surface area contributed by atoms with E-state index in [4.69, 9.17) is 14.7 Å². The number of aromatic nitrogens is 2. The maximum absolute atomic E-state index is 5.98. The Labute approximate surface area is 148 Å². The fourth-order valence-electron chi connectivity index (χ4n) is 4.19. The topological polar surface area (TPSA) is 50.3 Å². The van der Waals surface area contributed by atoms with Crippen LogP contribution in [-0.4, -0.2) is 41.8 Å². The number of hydrogen-bond acceptors (Lipinski definition) is 5. The Kier molecular flexibility index (Phi) is 3.97. The summed E-state index contributed by atoms with van der Waals surface area (Å²) >= 11 is 0. The van der Waals surface area contributed by atoms with Crippen molar-refractivity contribution >= 4 is 22.7 Å². The third-order valence-corrected chi connectivity index (χ3v) is 5.76. The molecule has 1 N–H and O–H groups in total. The summed E-state index contributed by atoms with van der Waals surface area (Å²) in [7, 11) is 0. The summed E-state index contributed by atoms with van der Waals surface area (Å²) in [5.74, 6) is 2.79. The molecule has 0 radical (unpaired) electrons. The number of para-hydroxylation sites is 2. The summed E-state index contributed by atoms with van der Waals surface area (Å²) in [5, 5.41) is 3.74. The maximum Gasteiger partial charge on any atom is 0.172 e. The van der Waals surface area contributed by atoms with Crippen molar-refractivity contribution in [1.82, 2.24) is 9.97 Å². The van der Waals surface area contributed by atoms with Crippen molar-refractivity contribution in [2.24, 2.45) is 5.92 Å². The lowest BCUT2D eigenvalue weighted by atomic mass is 10.00. The van der Waals surface area contributed by atoms with Gasteiger partial charge in [-0.15, -0.1) is 0 Å². The number of anilines is 2. The van der Waals surface area contributed by atoms with Gasteiger partial charge in [0, 0.05) is 25.7 Å². The van der Waals surface area contributed by atoms with E-state index in [1.807, 2.05) is 12.1 Å². The molecule has 2 aromatic rings. The van der Waals surface area contributed by atoms with Crippen LogP contribution >= 0.6 is 0 Å². The summed E-state index contributed by atoms with van der Waals surface area (Å²) < 4.78 is 5.98. The number of nitrogens with one attached hydrogen (secondary N) is 1. The van der Waals surface area contributed by atoms with Gasteiger partial charge in [0.2, 0.25) is 0 Å². The van der Waals surface area contributed by atoms with E-state index >= 15 is 0 Å². The molecule has 3 aliphatic rings. The first kappa shape index (κ1) is 15.4. The fraction of sp³-hybridized carbons (Fsp3) is 0.600. The van der Waals surface area contributed by atoms with Crippen LogP contribution in [0.4, 0.5) is 11.6 Å². The largest absolute Gasteiger partial charge is 0.378 e. The molecule has 5 rings (SSSR count). The first-order valence-electron chi connectivity index (χ1n) is 9.77. The molecule has 3 heterocycles. The van der Waals surface area contributed by atoms with E-state index in [1.165, 1.54) is 25.7 Å². The van der Waals surface area contributed by atoms with Crippen LogP contribution in [0, 0.1) is 5.92 Å². The number of hydrogen-bond donors (Lipinski definition) is 1. The van der Waals surface area contributed by atoms with Gasteiger partial charge in [-0.2, -0.15) is 0 Å². The monoisotopic (exact) mass is 338 g/mol. The predicted octanol–water partition coefficient (Wildman–Crippen LogP) is 3.60. The van der Waals surface area contributed by atoms with Crippen LogP contribution in [0.3, 0.4) is 0 Å². The van der Waals surface area contributed by atoms with Crippen LogP contribution in [0.15, 0.2) is 24.3 Å². The lowest BCUT2D eigenvalue weighted by Crippen LogP contribution is -2.36. The van der Waals surface area contributed by atoms with E-state index in [9.17, 15) is 0 Å². The summed E-state index contributed by atoms with van der Waals surface area (Å²) in [4.78, 5) is 12.3. The molecule has 1 aromatic heterocycles. The zero-order valence-corrected chi connectivity index (χ0v) is 14.7. The Morgan fingerprint density at radius 2 is 1.76 bits per heavy atom. The third-order valence-electron chi connectivity index (χ3n) is 5.76. The first-order valence-corrected chi connectivity index (χ1v) is 9.77. The Morgan fingerprint density at radius 3 is 2.52 bits per heavy atom. The lowest BCUT2D eigenvalue weighted by Gasteiger charge is -2.31. The van der Waals surface area contributed by atoms with Gasteiger partial charge >= 0.3 is 0 Å². The molecule has 0 amide bonds. The van der Waals surface area contributed by atoms with Crippen LogP contribution in [0.5, 0.6) is 0 Å². The molecule has 1 aromatic carbocycles. The fourth-order valence-corrected chi connectivity index (χ4v) is 4.19. The summed E-state index contributed by atoms with van der Waals surface area (Å²) in [5.41, 5.74) is 1.96. The van der Waals surface area contributed by atoms with Crippen LogP contribution < -0.4 is 10.2 Å². The number of nitrogens with zero attached hydrogens (tertiary/aromatic N) is 3. The predicted molar refractivity (Wildman–Crippen MR) is 100 cm³/mol. The zero-order chi connectivity index (χ0) is 16.6. The number of ether oxygens (including phenoxy) is 1. The minimum absolute atomic E-state index is 0.440. The lowest BCUT2D eigenvalue weighted by molar-refractivity contribution is -0.00222. The molecule has 3 fully saturated rings. The van der Waals surface area contributed by atoms with Gasteiger partial charge in [0.15, 0.2) is 11.6 Å². The standard InChI is InChI=1S/C20H26N4O/c1-2-6-17-16(5-1)22-19(20(23-17)24-10-3-4-11-24)21-15-9-12-25-18(13-15)14-7-8-14/h1-2,5-6,14-15,18H,3-4,7-13H2,(H,21,22). The minimum atomic E-state index is 0.440. The second kappa shape index (κ2) is 6.45. The van der Waals surface area contributed by atoms with Crippen LogP contribution in [0.25, 0.3) is 11.0 Å². The van der Waals surface area contributed by atoms with Crippen molar-refractivity contribution in [1.29, 1.82) is 0 Å². The summed E-state index contributed by atoms with van der Waals surface area (Å²) in [6.07, 6.45) is 7.76. The van der Waals surface area contributed by atoms with Crippen molar-refractivity contribution in [3.8, 4) is 0 Å². The van der Waals surface area contributed by atoms with Gasteiger partial charge < -0.3 is 15.0 Å². The van der Waals surface area contributed by atoms with Gasteiger partial charge in [0.05, 0.1) is 17.1 Å². The highest BCUT2D eigenvalue weighted by molar-refractivity contribution is 5.80. The van der Waals surface area contributed by atoms with Crippen molar-refractivity contribution in [2.45, 2.75) is 50.7 Å². The number of fused-ring (bicyclic) bond motifs is 1. The highest BCUT2D eigenvalue weighted by atomic mass is 16.5. The van der Waals surface area contributed by atoms with Gasteiger partial charge in [-0.25, -0.2) is 9.97 Å². The van der Waals surface area contributed by atoms with Crippen LogP contribution in [-0.2, 0) is 4.74 Å². The maximum atomic E-state index is 5.98. The van der Waals surface area contributed by atoms with Crippen LogP contribution in [0.2, 0.25) is 0 Å². The molecule has 0 spiro atoms. The Balaban J connectivity index is 1.44. The highest BCUT2D eigenvalue weighted by Gasteiger charge is 2.36. The zero-order valence-electron chi connectivity index (χ0n) is 14.7. The molecule has 5 heteroatoms. The molecule has 25 heavy (non-hydrogen) atoms. The molecule has 2 saturated heterocycles. The van der Waals surface area contributed by atoms with E-state index in [0.717, 1.165) is 61.1 Å². The summed E-state index contributed by atoms with van der Waals surface area (Å²) in [6.45, 7) is 3.03. The number of rotatable bonds is 4. The molecule has 132 valence electrons. The van der Waals surface area contributed by atoms with Gasteiger partial charge in [0.25, 0.3) is 0 Å². The average Bonchev–Trinajstić information content (AvgIpc) is 3.36. The molecular weight excluding hydrogens is 312 g/mol. The van der Waals surface area contributed by atoms with Gasteiger partial charge in [-0.1, -0.05) is 12.1 Å². The van der Waals surface area contributed by atoms with E-state index in [0.29, 0.717) is 12.1 Å². The smallest absolute Gasteiger partial charge is 0.172 e. The van der Waals surface area contributed by atoms with Crippen LogP contribution in [0.1, 0.15) is 38.5 Å². The molecule has 0 bridgehead atoms. The first-order chi connectivity index (χ1) is 12.4. The molecular formula is C20H26N4O. The van der Waals surface area contributed by atoms with Gasteiger partial charge in [0.1, 0.15) is 0 Å². The van der Waals surface area contributed by atoms with Gasteiger partial charge in [-0.05, 0) is 56.6 Å². The van der Waals surface area contributed by atoms with Crippen molar-refractivity contribution < 1.29 is 4.74 Å². The van der Waals surface area contributed by atoms with E-state index < -0.39 is 0 Å². The highest BCUT2D eigenvalue weighted by Crippen LogP contribution is 2.39. The normalized spacial score (nSPS) is 27.0. The van der Waals surface area contributed by atoms with E-state index in [2.05, 4.69) is 22.3 Å². The van der Waals surface area contributed by atoms with E-state index in [1.54, 1.807) is 0 Å². The molecule has 2 unspecified atom stereocenters. The minimum Gasteiger partial charge on any atom is -0.378 e. The second-order valence-corrected chi connectivity index (χ2v) is 7.69. The van der Waals surface area contributed by atoms with Crippen molar-refractivity contribution in [3.63, 3.8) is 0 Å².